The molecule has 0 aliphatic carbocycles. The van der Waals surface area contributed by atoms with Crippen molar-refractivity contribution < 1.29 is 9.59 Å². The highest BCUT2D eigenvalue weighted by atomic mass is 16.2. The number of rotatable bonds is 4. The molecule has 0 bridgehead atoms. The molecule has 1 aromatic rings. The molecule has 0 aromatic heterocycles. The molecule has 4 heteroatoms. The van der Waals surface area contributed by atoms with E-state index in [-0.39, 0.29) is 11.3 Å². The van der Waals surface area contributed by atoms with E-state index in [2.05, 4.69) is 45.3 Å². The molecular weight excluding hydrogens is 300 g/mol. The predicted octanol–water partition coefficient (Wildman–Crippen LogP) is 4.39. The van der Waals surface area contributed by atoms with E-state index in [1.165, 1.54) is 0 Å². The molecule has 0 aliphatic rings. The second kappa shape index (κ2) is 7.37. The number of carbonyl (C=O) groups excluding carboxylic acids is 2. The molecule has 0 atom stereocenters. The van der Waals surface area contributed by atoms with Gasteiger partial charge in [0.1, 0.15) is 0 Å². The smallest absolute Gasteiger partial charge is 0.313 e. The maximum Gasteiger partial charge on any atom is 0.313 e. The minimum atomic E-state index is -0.617. The molecule has 0 saturated heterocycles. The van der Waals surface area contributed by atoms with Crippen molar-refractivity contribution in [2.75, 3.05) is 5.32 Å². The standard InChI is InChI=1S/C20H32N2O2/c1-13(2)15-11-9-10-14(3)16(15)21-17(23)18(24)22-20(7,8)12-19(4,5)6/h9-11,13H,12H2,1-8H3,(H,21,23)(H,22,24). The van der Waals surface area contributed by atoms with Crippen molar-refractivity contribution in [3.63, 3.8) is 0 Å². The van der Waals surface area contributed by atoms with Gasteiger partial charge in [-0.05, 0) is 49.7 Å². The number of carbonyl (C=O) groups is 2. The fourth-order valence-corrected chi connectivity index (χ4v) is 3.25. The third-order valence-electron chi connectivity index (χ3n) is 3.80. The molecule has 134 valence electrons. The summed E-state index contributed by atoms with van der Waals surface area (Å²) in [6.07, 6.45) is 0.778. The Morgan fingerprint density at radius 2 is 1.62 bits per heavy atom. The van der Waals surface area contributed by atoms with Crippen LogP contribution in [0, 0.1) is 12.3 Å². The molecule has 0 unspecified atom stereocenters. The Bertz CT molecular complexity index is 611. The summed E-state index contributed by atoms with van der Waals surface area (Å²) in [6.45, 7) is 16.3. The second-order valence-electron chi connectivity index (χ2n) is 8.72. The maximum atomic E-state index is 12.4. The van der Waals surface area contributed by atoms with Gasteiger partial charge in [-0.1, -0.05) is 52.8 Å². The van der Waals surface area contributed by atoms with E-state index in [4.69, 9.17) is 0 Å². The lowest BCUT2D eigenvalue weighted by Crippen LogP contribution is -2.49. The van der Waals surface area contributed by atoms with E-state index in [9.17, 15) is 9.59 Å². The Morgan fingerprint density at radius 3 is 2.12 bits per heavy atom. The van der Waals surface area contributed by atoms with Gasteiger partial charge in [-0.2, -0.15) is 0 Å². The number of para-hydroxylation sites is 1. The molecule has 0 aliphatic heterocycles. The van der Waals surface area contributed by atoms with Crippen LogP contribution >= 0.6 is 0 Å². The molecule has 4 nitrogen and oxygen atoms in total. The SMILES string of the molecule is Cc1cccc(C(C)C)c1NC(=O)C(=O)NC(C)(C)CC(C)(C)C. The Morgan fingerprint density at radius 1 is 1.04 bits per heavy atom. The summed E-state index contributed by atoms with van der Waals surface area (Å²) in [4.78, 5) is 24.7. The van der Waals surface area contributed by atoms with Crippen molar-refractivity contribution in [2.45, 2.75) is 73.3 Å². The van der Waals surface area contributed by atoms with Crippen LogP contribution in [0.4, 0.5) is 5.69 Å². The van der Waals surface area contributed by atoms with Gasteiger partial charge in [0.2, 0.25) is 0 Å². The highest BCUT2D eigenvalue weighted by Crippen LogP contribution is 2.28. The minimum Gasteiger partial charge on any atom is -0.343 e. The minimum absolute atomic E-state index is 0.0636. The van der Waals surface area contributed by atoms with E-state index in [0.717, 1.165) is 23.2 Å². The van der Waals surface area contributed by atoms with Crippen molar-refractivity contribution in [2.24, 2.45) is 5.41 Å². The first kappa shape index (κ1) is 20.2. The number of aryl methyl sites for hydroxylation is 1. The summed E-state index contributed by atoms with van der Waals surface area (Å²) >= 11 is 0. The van der Waals surface area contributed by atoms with Crippen molar-refractivity contribution in [1.29, 1.82) is 0 Å². The maximum absolute atomic E-state index is 12.4. The summed E-state index contributed by atoms with van der Waals surface area (Å²) in [6, 6.07) is 5.88. The van der Waals surface area contributed by atoms with Gasteiger partial charge < -0.3 is 10.6 Å². The molecule has 1 aromatic carbocycles. The molecule has 2 N–H and O–H groups in total. The van der Waals surface area contributed by atoms with Crippen molar-refractivity contribution in [1.82, 2.24) is 5.32 Å². The Kier molecular flexibility index (Phi) is 6.20. The zero-order valence-corrected chi connectivity index (χ0v) is 16.3. The van der Waals surface area contributed by atoms with Crippen LogP contribution in [-0.2, 0) is 9.59 Å². The zero-order valence-electron chi connectivity index (χ0n) is 16.3. The molecule has 24 heavy (non-hydrogen) atoms. The van der Waals surface area contributed by atoms with Gasteiger partial charge >= 0.3 is 11.8 Å². The third kappa shape index (κ3) is 5.99. The largest absolute Gasteiger partial charge is 0.343 e. The molecule has 2 amide bonds. The zero-order chi connectivity index (χ0) is 18.7. The van der Waals surface area contributed by atoms with E-state index in [1.54, 1.807) is 0 Å². The van der Waals surface area contributed by atoms with Crippen LogP contribution in [0.5, 0.6) is 0 Å². The van der Waals surface area contributed by atoms with Gasteiger partial charge in [0.05, 0.1) is 0 Å². The van der Waals surface area contributed by atoms with Crippen LogP contribution in [0.2, 0.25) is 0 Å². The average molecular weight is 332 g/mol. The lowest BCUT2D eigenvalue weighted by Gasteiger charge is -2.33. The lowest BCUT2D eigenvalue weighted by molar-refractivity contribution is -0.137. The second-order valence-corrected chi connectivity index (χ2v) is 8.72. The Labute approximate surface area is 146 Å². The Balaban J connectivity index is 2.88. The summed E-state index contributed by atoms with van der Waals surface area (Å²) < 4.78 is 0. The molecule has 0 radical (unpaired) electrons. The average Bonchev–Trinajstić information content (AvgIpc) is 2.36. The van der Waals surface area contributed by atoms with Crippen LogP contribution in [-0.4, -0.2) is 17.4 Å². The highest BCUT2D eigenvalue weighted by Gasteiger charge is 2.29. The van der Waals surface area contributed by atoms with E-state index >= 15 is 0 Å². The van der Waals surface area contributed by atoms with Gasteiger partial charge in [-0.15, -0.1) is 0 Å². The van der Waals surface area contributed by atoms with Gasteiger partial charge in [0, 0.05) is 11.2 Å². The van der Waals surface area contributed by atoms with Crippen LogP contribution < -0.4 is 10.6 Å². The van der Waals surface area contributed by atoms with Gasteiger partial charge in [-0.25, -0.2) is 0 Å². The molecule has 0 fully saturated rings. The summed E-state index contributed by atoms with van der Waals surface area (Å²) in [5, 5.41) is 5.64. The number of amides is 2. The molecule has 0 saturated carbocycles. The first-order valence-corrected chi connectivity index (χ1v) is 8.55. The first-order chi connectivity index (χ1) is 10.8. The number of hydrogen-bond donors (Lipinski definition) is 2. The predicted molar refractivity (Wildman–Crippen MR) is 100 cm³/mol. The quantitative estimate of drug-likeness (QED) is 0.804. The molecular formula is C20H32N2O2. The number of hydrogen-bond acceptors (Lipinski definition) is 2. The normalized spacial score (nSPS) is 12.2. The van der Waals surface area contributed by atoms with Crippen molar-refractivity contribution >= 4 is 17.5 Å². The van der Waals surface area contributed by atoms with Crippen molar-refractivity contribution in [3.05, 3.63) is 29.3 Å². The Hall–Kier alpha value is -1.84. The van der Waals surface area contributed by atoms with Gasteiger partial charge in [-0.3, -0.25) is 9.59 Å². The van der Waals surface area contributed by atoms with Crippen LogP contribution in [0.25, 0.3) is 0 Å². The van der Waals surface area contributed by atoms with Crippen LogP contribution in [0.3, 0.4) is 0 Å². The fraction of sp³-hybridized carbons (Fsp3) is 0.600. The molecule has 0 spiro atoms. The van der Waals surface area contributed by atoms with E-state index in [1.807, 2.05) is 39.0 Å². The van der Waals surface area contributed by atoms with Gasteiger partial charge in [0.25, 0.3) is 0 Å². The third-order valence-corrected chi connectivity index (χ3v) is 3.80. The fourth-order valence-electron chi connectivity index (χ4n) is 3.25. The number of nitrogens with one attached hydrogen (secondary N) is 2. The summed E-state index contributed by atoms with van der Waals surface area (Å²) in [5.74, 6) is -0.948. The van der Waals surface area contributed by atoms with E-state index < -0.39 is 17.4 Å². The lowest BCUT2D eigenvalue weighted by atomic mass is 9.82. The van der Waals surface area contributed by atoms with Gasteiger partial charge in [0.15, 0.2) is 0 Å². The van der Waals surface area contributed by atoms with E-state index in [0.29, 0.717) is 0 Å². The monoisotopic (exact) mass is 332 g/mol. The van der Waals surface area contributed by atoms with Crippen LogP contribution in [0.15, 0.2) is 18.2 Å². The molecule has 0 heterocycles. The topological polar surface area (TPSA) is 58.2 Å². The number of anilines is 1. The first-order valence-electron chi connectivity index (χ1n) is 8.55. The summed E-state index contributed by atoms with van der Waals surface area (Å²) in [5.41, 5.74) is 2.34. The van der Waals surface area contributed by atoms with Crippen LogP contribution in [0.1, 0.15) is 71.9 Å². The summed E-state index contributed by atoms with van der Waals surface area (Å²) in [7, 11) is 0. The highest BCUT2D eigenvalue weighted by molar-refractivity contribution is 6.40. The number of benzene rings is 1. The van der Waals surface area contributed by atoms with Crippen molar-refractivity contribution in [3.8, 4) is 0 Å². The molecule has 1 rings (SSSR count).